The van der Waals surface area contributed by atoms with Gasteiger partial charge in [0.1, 0.15) is 11.6 Å². The lowest BCUT2D eigenvalue weighted by Crippen LogP contribution is -2.02. The number of carbonyl (C=O) groups excluding carboxylic acids is 1. The van der Waals surface area contributed by atoms with Crippen molar-refractivity contribution >= 4 is 35.1 Å². The topological polar surface area (TPSA) is 50.1 Å². The van der Waals surface area contributed by atoms with Gasteiger partial charge in [-0.05, 0) is 24.5 Å². The third-order valence-corrected chi connectivity index (χ3v) is 3.73. The Morgan fingerprint density at radius 1 is 1.67 bits per heavy atom. The van der Waals surface area contributed by atoms with Crippen LogP contribution in [0.4, 0.5) is 0 Å². The van der Waals surface area contributed by atoms with Crippen LogP contribution < -0.4 is 0 Å². The molecule has 5 heteroatoms. The van der Waals surface area contributed by atoms with Crippen molar-refractivity contribution in [1.29, 1.82) is 5.26 Å². The van der Waals surface area contributed by atoms with Gasteiger partial charge in [0.25, 0.3) is 0 Å². The minimum Gasteiger partial charge on any atom is -0.465 e. The Labute approximate surface area is 96.4 Å². The first-order valence-corrected chi connectivity index (χ1v) is 6.09. The molecule has 0 aromatic carbocycles. The molecule has 0 aliphatic carbocycles. The minimum absolute atomic E-state index is 0.0204. The van der Waals surface area contributed by atoms with Crippen molar-refractivity contribution in [3.05, 3.63) is 22.6 Å². The highest BCUT2D eigenvalue weighted by Crippen LogP contribution is 2.26. The molecule has 3 nitrogen and oxygen atoms in total. The summed E-state index contributed by atoms with van der Waals surface area (Å²) in [6.07, 6.45) is 3.51. The van der Waals surface area contributed by atoms with E-state index in [1.165, 1.54) is 24.5 Å². The van der Waals surface area contributed by atoms with Crippen molar-refractivity contribution < 1.29 is 9.53 Å². The van der Waals surface area contributed by atoms with Gasteiger partial charge in [-0.3, -0.25) is 0 Å². The SMILES string of the molecule is COC(=O)/C(C#N)=C/c1ccc(SC)s1. The molecule has 1 aromatic rings. The Morgan fingerprint density at radius 3 is 2.87 bits per heavy atom. The van der Waals surface area contributed by atoms with E-state index >= 15 is 0 Å². The van der Waals surface area contributed by atoms with Crippen LogP contribution in [0.15, 0.2) is 21.9 Å². The number of thiophene rings is 1. The average molecular weight is 239 g/mol. The van der Waals surface area contributed by atoms with E-state index in [1.54, 1.807) is 11.8 Å². The molecule has 0 aliphatic heterocycles. The number of methoxy groups -OCH3 is 1. The molecule has 0 saturated heterocycles. The van der Waals surface area contributed by atoms with E-state index in [4.69, 9.17) is 5.26 Å². The maximum absolute atomic E-state index is 11.1. The molecule has 0 saturated carbocycles. The van der Waals surface area contributed by atoms with E-state index < -0.39 is 5.97 Å². The molecule has 1 heterocycles. The van der Waals surface area contributed by atoms with Gasteiger partial charge in [0.2, 0.25) is 0 Å². The third kappa shape index (κ3) is 3.11. The van der Waals surface area contributed by atoms with Crippen molar-refractivity contribution in [2.24, 2.45) is 0 Å². The fourth-order valence-electron chi connectivity index (χ4n) is 0.911. The molecule has 0 aliphatic rings. The Balaban J connectivity index is 2.94. The summed E-state index contributed by atoms with van der Waals surface area (Å²) in [6, 6.07) is 5.64. The number of esters is 1. The number of thioether (sulfide) groups is 1. The Morgan fingerprint density at radius 2 is 2.40 bits per heavy atom. The van der Waals surface area contributed by atoms with Crippen molar-refractivity contribution in [3.8, 4) is 6.07 Å². The van der Waals surface area contributed by atoms with E-state index in [1.807, 2.05) is 24.5 Å². The van der Waals surface area contributed by atoms with Gasteiger partial charge >= 0.3 is 5.97 Å². The minimum atomic E-state index is -0.600. The average Bonchev–Trinajstić information content (AvgIpc) is 2.72. The van der Waals surface area contributed by atoms with E-state index in [2.05, 4.69) is 4.74 Å². The summed E-state index contributed by atoms with van der Waals surface area (Å²) in [5, 5.41) is 8.73. The zero-order valence-electron chi connectivity index (χ0n) is 8.31. The number of nitrogens with zero attached hydrogens (tertiary/aromatic N) is 1. The molecule has 1 aromatic heterocycles. The van der Waals surface area contributed by atoms with Crippen LogP contribution >= 0.6 is 23.1 Å². The molecule has 0 N–H and O–H groups in total. The normalized spacial score (nSPS) is 10.9. The number of nitriles is 1. The van der Waals surface area contributed by atoms with Gasteiger partial charge in [0.05, 0.1) is 11.3 Å². The Hall–Kier alpha value is -1.25. The van der Waals surface area contributed by atoms with E-state index in [9.17, 15) is 4.79 Å². The fraction of sp³-hybridized carbons (Fsp3) is 0.200. The quantitative estimate of drug-likeness (QED) is 0.352. The van der Waals surface area contributed by atoms with Crippen LogP contribution in [0.25, 0.3) is 6.08 Å². The highest BCUT2D eigenvalue weighted by atomic mass is 32.2. The maximum Gasteiger partial charge on any atom is 0.348 e. The zero-order valence-corrected chi connectivity index (χ0v) is 9.95. The molecule has 0 atom stereocenters. The summed E-state index contributed by atoms with van der Waals surface area (Å²) in [6.45, 7) is 0. The zero-order chi connectivity index (χ0) is 11.3. The molecule has 0 spiro atoms. The van der Waals surface area contributed by atoms with Gasteiger partial charge in [-0.25, -0.2) is 4.79 Å². The summed E-state index contributed by atoms with van der Waals surface area (Å²) in [5.41, 5.74) is 0.0204. The molecular formula is C10H9NO2S2. The molecule has 0 amide bonds. The molecule has 78 valence electrons. The first-order chi connectivity index (χ1) is 7.21. The van der Waals surface area contributed by atoms with Gasteiger partial charge in [-0.1, -0.05) is 0 Å². The fourth-order valence-corrected chi connectivity index (χ4v) is 2.42. The summed E-state index contributed by atoms with van der Waals surface area (Å²) in [7, 11) is 1.26. The maximum atomic E-state index is 11.1. The standard InChI is InChI=1S/C10H9NO2S2/c1-13-10(12)7(6-11)5-8-3-4-9(14-2)15-8/h3-5H,1-2H3/b7-5+. The summed E-state index contributed by atoms with van der Waals surface area (Å²) in [5.74, 6) is -0.600. The molecule has 15 heavy (non-hydrogen) atoms. The lowest BCUT2D eigenvalue weighted by molar-refractivity contribution is -0.135. The second kappa shape index (κ2) is 5.59. The van der Waals surface area contributed by atoms with Gasteiger partial charge in [-0.15, -0.1) is 23.1 Å². The summed E-state index contributed by atoms with van der Waals surface area (Å²) < 4.78 is 5.62. The predicted molar refractivity (Wildman–Crippen MR) is 61.7 cm³/mol. The Kier molecular flexibility index (Phi) is 4.40. The van der Waals surface area contributed by atoms with Crippen LogP contribution in [-0.2, 0) is 9.53 Å². The molecule has 0 fully saturated rings. The lowest BCUT2D eigenvalue weighted by atomic mass is 10.2. The second-order valence-corrected chi connectivity index (χ2v) is 4.74. The second-order valence-electron chi connectivity index (χ2n) is 2.52. The third-order valence-electron chi connectivity index (χ3n) is 1.62. The van der Waals surface area contributed by atoms with E-state index in [0.29, 0.717) is 0 Å². The predicted octanol–water partition coefficient (Wildman–Crippen LogP) is 2.55. The van der Waals surface area contributed by atoms with Crippen LogP contribution in [0, 0.1) is 11.3 Å². The number of ether oxygens (including phenoxy) is 1. The van der Waals surface area contributed by atoms with Gasteiger partial charge < -0.3 is 4.74 Å². The van der Waals surface area contributed by atoms with Crippen molar-refractivity contribution in [2.75, 3.05) is 13.4 Å². The summed E-state index contributed by atoms with van der Waals surface area (Å²) >= 11 is 3.16. The molecule has 1 rings (SSSR count). The van der Waals surface area contributed by atoms with Crippen LogP contribution in [-0.4, -0.2) is 19.3 Å². The van der Waals surface area contributed by atoms with Crippen LogP contribution in [0.2, 0.25) is 0 Å². The summed E-state index contributed by atoms with van der Waals surface area (Å²) in [4.78, 5) is 12.0. The number of carbonyl (C=O) groups is 1. The molecular weight excluding hydrogens is 230 g/mol. The van der Waals surface area contributed by atoms with Crippen molar-refractivity contribution in [3.63, 3.8) is 0 Å². The smallest absolute Gasteiger partial charge is 0.348 e. The molecule has 0 unspecified atom stereocenters. The van der Waals surface area contributed by atoms with Crippen molar-refractivity contribution in [1.82, 2.24) is 0 Å². The number of rotatable bonds is 3. The van der Waals surface area contributed by atoms with Crippen LogP contribution in [0.1, 0.15) is 4.88 Å². The molecule has 0 radical (unpaired) electrons. The van der Waals surface area contributed by atoms with Crippen LogP contribution in [0.5, 0.6) is 0 Å². The van der Waals surface area contributed by atoms with Gasteiger partial charge in [0, 0.05) is 4.88 Å². The number of hydrogen-bond donors (Lipinski definition) is 0. The van der Waals surface area contributed by atoms with E-state index in [-0.39, 0.29) is 5.57 Å². The lowest BCUT2D eigenvalue weighted by Gasteiger charge is -1.94. The van der Waals surface area contributed by atoms with Crippen molar-refractivity contribution in [2.45, 2.75) is 4.21 Å². The highest BCUT2D eigenvalue weighted by molar-refractivity contribution is 8.00. The van der Waals surface area contributed by atoms with Gasteiger partial charge in [0.15, 0.2) is 0 Å². The monoisotopic (exact) mass is 239 g/mol. The largest absolute Gasteiger partial charge is 0.465 e. The Bertz CT molecular complexity index is 429. The number of hydrogen-bond acceptors (Lipinski definition) is 5. The first-order valence-electron chi connectivity index (χ1n) is 4.05. The van der Waals surface area contributed by atoms with E-state index in [0.717, 1.165) is 9.09 Å². The van der Waals surface area contributed by atoms with Gasteiger partial charge in [-0.2, -0.15) is 5.26 Å². The first kappa shape index (κ1) is 11.8. The molecule has 0 bridgehead atoms. The highest BCUT2D eigenvalue weighted by Gasteiger charge is 2.09. The van der Waals surface area contributed by atoms with Crippen LogP contribution in [0.3, 0.4) is 0 Å².